The molecule has 0 aliphatic carbocycles. The van der Waals surface area contributed by atoms with Crippen molar-refractivity contribution in [3.63, 3.8) is 0 Å². The van der Waals surface area contributed by atoms with Gasteiger partial charge in [0, 0.05) is 17.7 Å². The number of carbonyl (C=O) groups is 2. The molecule has 0 unspecified atom stereocenters. The number of halogens is 1. The van der Waals surface area contributed by atoms with Gasteiger partial charge in [0.1, 0.15) is 11.5 Å². The number of nitrogens with one attached hydrogen (secondary N) is 3. The molecule has 0 spiro atoms. The molecule has 0 fully saturated rings. The highest BCUT2D eigenvalue weighted by atomic mass is 127. The van der Waals surface area contributed by atoms with Crippen molar-refractivity contribution in [1.82, 2.24) is 16.2 Å². The standard InChI is InChI=1S/C17H15IN4O6S/c1-27-14-7-2-10(8-13(14)18)16(24)19-17(29)21-20-15(23)9-28-12-5-3-11(4-6-12)22(25)26/h2-8H,9H2,1H3,(H,20,23)(H2,19,21,24,29). The number of benzene rings is 2. The molecule has 0 aliphatic rings. The number of nitro groups is 1. The Kier molecular flexibility index (Phi) is 8.09. The van der Waals surface area contributed by atoms with Gasteiger partial charge in [0.15, 0.2) is 11.7 Å². The van der Waals surface area contributed by atoms with E-state index in [2.05, 4.69) is 16.2 Å². The number of rotatable bonds is 6. The molecule has 2 aromatic rings. The van der Waals surface area contributed by atoms with Crippen LogP contribution in [0, 0.1) is 13.7 Å². The number of methoxy groups -OCH3 is 1. The highest BCUT2D eigenvalue weighted by Gasteiger charge is 2.11. The smallest absolute Gasteiger partial charge is 0.276 e. The van der Waals surface area contributed by atoms with Gasteiger partial charge < -0.3 is 9.47 Å². The Morgan fingerprint density at radius 3 is 2.45 bits per heavy atom. The van der Waals surface area contributed by atoms with Gasteiger partial charge >= 0.3 is 0 Å². The molecule has 0 aliphatic heterocycles. The molecule has 2 rings (SSSR count). The molecule has 0 heterocycles. The number of non-ortho nitro benzene ring substituents is 1. The summed E-state index contributed by atoms with van der Waals surface area (Å²) in [6.45, 7) is -0.363. The lowest BCUT2D eigenvalue weighted by Crippen LogP contribution is -2.49. The Morgan fingerprint density at radius 1 is 1.17 bits per heavy atom. The second kappa shape index (κ2) is 10.5. The number of carbonyl (C=O) groups excluding carboxylic acids is 2. The number of ether oxygens (including phenoxy) is 2. The second-order valence-electron chi connectivity index (χ2n) is 5.35. The first-order valence-electron chi connectivity index (χ1n) is 7.91. The quantitative estimate of drug-likeness (QED) is 0.224. The first-order chi connectivity index (χ1) is 13.8. The van der Waals surface area contributed by atoms with Crippen LogP contribution in [0.1, 0.15) is 10.4 Å². The van der Waals surface area contributed by atoms with Crippen LogP contribution >= 0.6 is 34.8 Å². The first kappa shape index (κ1) is 22.3. The van der Waals surface area contributed by atoms with E-state index < -0.39 is 16.7 Å². The van der Waals surface area contributed by atoms with Crippen molar-refractivity contribution >= 4 is 57.4 Å². The zero-order chi connectivity index (χ0) is 21.4. The minimum atomic E-state index is -0.570. The molecule has 152 valence electrons. The number of amides is 2. The monoisotopic (exact) mass is 530 g/mol. The summed E-state index contributed by atoms with van der Waals surface area (Å²) in [5, 5.41) is 12.9. The molecule has 3 N–H and O–H groups in total. The van der Waals surface area contributed by atoms with Crippen molar-refractivity contribution in [1.29, 1.82) is 0 Å². The predicted molar refractivity (Wildman–Crippen MR) is 116 cm³/mol. The van der Waals surface area contributed by atoms with Crippen molar-refractivity contribution in [3.05, 3.63) is 61.7 Å². The highest BCUT2D eigenvalue weighted by molar-refractivity contribution is 14.1. The van der Waals surface area contributed by atoms with Gasteiger partial charge in [-0.3, -0.25) is 35.9 Å². The van der Waals surface area contributed by atoms with Crippen molar-refractivity contribution in [2.75, 3.05) is 13.7 Å². The van der Waals surface area contributed by atoms with Crippen molar-refractivity contribution in [2.45, 2.75) is 0 Å². The van der Waals surface area contributed by atoms with E-state index in [1.807, 2.05) is 22.6 Å². The minimum Gasteiger partial charge on any atom is -0.496 e. The summed E-state index contributed by atoms with van der Waals surface area (Å²) in [7, 11) is 1.53. The number of hydrogen-bond donors (Lipinski definition) is 3. The van der Waals surface area contributed by atoms with Crippen molar-refractivity contribution in [2.24, 2.45) is 0 Å². The molecule has 0 bridgehead atoms. The topological polar surface area (TPSA) is 132 Å². The van der Waals surface area contributed by atoms with E-state index in [9.17, 15) is 19.7 Å². The third-order valence-electron chi connectivity index (χ3n) is 3.37. The summed E-state index contributed by atoms with van der Waals surface area (Å²) in [6, 6.07) is 10.1. The van der Waals surface area contributed by atoms with Crippen molar-refractivity contribution in [3.8, 4) is 11.5 Å². The first-order valence-corrected chi connectivity index (χ1v) is 9.40. The maximum Gasteiger partial charge on any atom is 0.276 e. The number of nitrogens with zero attached hydrogens (tertiary/aromatic N) is 1. The van der Waals surface area contributed by atoms with Gasteiger partial charge in [0.25, 0.3) is 17.5 Å². The van der Waals surface area contributed by atoms with Crippen LogP contribution in [0.5, 0.6) is 11.5 Å². The molecule has 12 heteroatoms. The van der Waals surface area contributed by atoms with E-state index in [1.54, 1.807) is 18.2 Å². The van der Waals surface area contributed by atoms with Gasteiger partial charge in [0.2, 0.25) is 0 Å². The van der Waals surface area contributed by atoms with Crippen LogP contribution in [0.4, 0.5) is 5.69 Å². The van der Waals surface area contributed by atoms with Gasteiger partial charge in [-0.25, -0.2) is 0 Å². The zero-order valence-corrected chi connectivity index (χ0v) is 17.9. The number of hydrogen-bond acceptors (Lipinski definition) is 7. The van der Waals surface area contributed by atoms with Crippen LogP contribution in [0.3, 0.4) is 0 Å². The zero-order valence-electron chi connectivity index (χ0n) is 14.9. The molecule has 0 atom stereocenters. The summed E-state index contributed by atoms with van der Waals surface area (Å²) < 4.78 is 11.1. The van der Waals surface area contributed by atoms with Crippen LogP contribution in [-0.4, -0.2) is 35.6 Å². The molecular weight excluding hydrogens is 515 g/mol. The van der Waals surface area contributed by atoms with Crippen LogP contribution < -0.4 is 25.6 Å². The van der Waals surface area contributed by atoms with E-state index >= 15 is 0 Å². The van der Waals surface area contributed by atoms with Gasteiger partial charge in [-0.2, -0.15) is 0 Å². The van der Waals surface area contributed by atoms with E-state index in [1.165, 1.54) is 31.4 Å². The van der Waals surface area contributed by atoms with Crippen molar-refractivity contribution < 1.29 is 24.0 Å². The SMILES string of the molecule is COc1ccc(C(=O)NC(=S)NNC(=O)COc2ccc([N+](=O)[O-])cc2)cc1I. The third kappa shape index (κ3) is 6.83. The summed E-state index contributed by atoms with van der Waals surface area (Å²) in [5.41, 5.74) is 4.93. The normalized spacial score (nSPS) is 9.86. The summed E-state index contributed by atoms with van der Waals surface area (Å²) in [4.78, 5) is 34.0. The Labute approximate surface area is 184 Å². The highest BCUT2D eigenvalue weighted by Crippen LogP contribution is 2.21. The fourth-order valence-corrected chi connectivity index (χ4v) is 2.87. The molecule has 29 heavy (non-hydrogen) atoms. The molecule has 0 saturated carbocycles. The van der Waals surface area contributed by atoms with Crippen LogP contribution in [0.25, 0.3) is 0 Å². The van der Waals surface area contributed by atoms with Gasteiger partial charge in [0.05, 0.1) is 15.6 Å². The molecule has 2 aromatic carbocycles. The lowest BCUT2D eigenvalue weighted by atomic mass is 10.2. The van der Waals surface area contributed by atoms with Gasteiger partial charge in [-0.15, -0.1) is 0 Å². The predicted octanol–water partition coefficient (Wildman–Crippen LogP) is 1.92. The largest absolute Gasteiger partial charge is 0.496 e. The fourth-order valence-electron chi connectivity index (χ4n) is 1.99. The van der Waals surface area contributed by atoms with Gasteiger partial charge in [-0.05, 0) is 65.1 Å². The summed E-state index contributed by atoms with van der Waals surface area (Å²) >= 11 is 7.00. The molecule has 0 radical (unpaired) electrons. The minimum absolute atomic E-state index is 0.0869. The number of thiocarbonyl (C=S) groups is 1. The lowest BCUT2D eigenvalue weighted by Gasteiger charge is -2.12. The Bertz CT molecular complexity index is 938. The van der Waals surface area contributed by atoms with Crippen LogP contribution in [-0.2, 0) is 4.79 Å². The Morgan fingerprint density at radius 2 is 1.86 bits per heavy atom. The average Bonchev–Trinajstić information content (AvgIpc) is 2.70. The summed E-state index contributed by atoms with van der Waals surface area (Å²) in [5.74, 6) is -0.0998. The molecule has 2 amide bonds. The Balaban J connectivity index is 1.76. The molecule has 0 saturated heterocycles. The molecular formula is C17H15IN4O6S. The molecule has 10 nitrogen and oxygen atoms in total. The van der Waals surface area contributed by atoms with Gasteiger partial charge in [-0.1, -0.05) is 0 Å². The Hall–Kier alpha value is -3.00. The maximum atomic E-state index is 12.2. The van der Waals surface area contributed by atoms with E-state index in [-0.39, 0.29) is 23.2 Å². The maximum absolute atomic E-state index is 12.2. The fraction of sp³-hybridized carbons (Fsp3) is 0.118. The number of nitro benzene ring substituents is 1. The summed E-state index contributed by atoms with van der Waals surface area (Å²) in [6.07, 6.45) is 0. The van der Waals surface area contributed by atoms with Crippen LogP contribution in [0.2, 0.25) is 0 Å². The number of hydrazine groups is 1. The van der Waals surface area contributed by atoms with E-state index in [0.717, 1.165) is 3.57 Å². The van der Waals surface area contributed by atoms with E-state index in [4.69, 9.17) is 21.7 Å². The van der Waals surface area contributed by atoms with E-state index in [0.29, 0.717) is 11.3 Å². The van der Waals surface area contributed by atoms with Crippen LogP contribution in [0.15, 0.2) is 42.5 Å². The average molecular weight is 530 g/mol. The molecule has 0 aromatic heterocycles. The lowest BCUT2D eigenvalue weighted by molar-refractivity contribution is -0.384. The third-order valence-corrected chi connectivity index (χ3v) is 4.42. The second-order valence-corrected chi connectivity index (χ2v) is 6.92.